The predicted octanol–water partition coefficient (Wildman–Crippen LogP) is 1.56. The minimum Gasteiger partial charge on any atom is -0.392 e. The molecule has 2 aliphatic rings. The Labute approximate surface area is 148 Å². The summed E-state index contributed by atoms with van der Waals surface area (Å²) in [6, 6.07) is 7.08. The van der Waals surface area contributed by atoms with E-state index in [1.165, 1.54) is 6.92 Å². The van der Waals surface area contributed by atoms with E-state index >= 15 is 0 Å². The second kappa shape index (κ2) is 7.14. The zero-order chi connectivity index (χ0) is 18.0. The van der Waals surface area contributed by atoms with Gasteiger partial charge >= 0.3 is 0 Å². The standard InChI is InChI=1S/C19H27N3O3/c1-14(23)20-16-5-3-4-15(10-16)18(25)22-8-6-19(7-9-22)11-17(24)12-21(2)13-19/h3-5,10,17,24H,6-9,11-13H2,1-2H3,(H,20,23). The first kappa shape index (κ1) is 17.9. The zero-order valence-corrected chi connectivity index (χ0v) is 15.0. The van der Waals surface area contributed by atoms with Crippen molar-refractivity contribution >= 4 is 17.5 Å². The van der Waals surface area contributed by atoms with Crippen LogP contribution in [0.1, 0.15) is 36.5 Å². The van der Waals surface area contributed by atoms with Crippen LogP contribution in [0.15, 0.2) is 24.3 Å². The summed E-state index contributed by atoms with van der Waals surface area (Å²) in [6.07, 6.45) is 2.41. The maximum absolute atomic E-state index is 12.8. The van der Waals surface area contributed by atoms with Gasteiger partial charge in [0.1, 0.15) is 0 Å². The molecule has 2 fully saturated rings. The fourth-order valence-electron chi connectivity index (χ4n) is 4.29. The lowest BCUT2D eigenvalue weighted by Crippen LogP contribution is -2.53. The number of nitrogens with one attached hydrogen (secondary N) is 1. The number of carbonyl (C=O) groups is 2. The van der Waals surface area contributed by atoms with Gasteiger partial charge in [-0.05, 0) is 49.9 Å². The predicted molar refractivity (Wildman–Crippen MR) is 96.4 cm³/mol. The molecule has 2 N–H and O–H groups in total. The minimum atomic E-state index is -0.268. The summed E-state index contributed by atoms with van der Waals surface area (Å²) in [4.78, 5) is 28.1. The molecule has 3 rings (SSSR count). The first-order valence-electron chi connectivity index (χ1n) is 8.90. The van der Waals surface area contributed by atoms with Crippen molar-refractivity contribution in [3.8, 4) is 0 Å². The number of benzene rings is 1. The molecule has 2 amide bonds. The molecular weight excluding hydrogens is 318 g/mol. The topological polar surface area (TPSA) is 72.9 Å². The quantitative estimate of drug-likeness (QED) is 0.853. The van der Waals surface area contributed by atoms with Crippen LogP contribution < -0.4 is 5.32 Å². The van der Waals surface area contributed by atoms with Crippen LogP contribution in [0, 0.1) is 5.41 Å². The third-order valence-corrected chi connectivity index (χ3v) is 5.34. The smallest absolute Gasteiger partial charge is 0.253 e. The Morgan fingerprint density at radius 3 is 2.64 bits per heavy atom. The largest absolute Gasteiger partial charge is 0.392 e. The number of aliphatic hydroxyl groups excluding tert-OH is 1. The van der Waals surface area contributed by atoms with E-state index < -0.39 is 0 Å². The van der Waals surface area contributed by atoms with Crippen molar-refractivity contribution in [3.63, 3.8) is 0 Å². The summed E-state index contributed by atoms with van der Waals surface area (Å²) in [5, 5.41) is 12.8. The Kier molecular flexibility index (Phi) is 5.11. The van der Waals surface area contributed by atoms with Crippen LogP contribution in [-0.2, 0) is 4.79 Å². The van der Waals surface area contributed by atoms with Crippen molar-refractivity contribution in [2.24, 2.45) is 5.41 Å². The third-order valence-electron chi connectivity index (χ3n) is 5.34. The van der Waals surface area contributed by atoms with E-state index in [4.69, 9.17) is 0 Å². The average Bonchev–Trinajstić information content (AvgIpc) is 2.53. The number of amides is 2. The summed E-state index contributed by atoms with van der Waals surface area (Å²) < 4.78 is 0. The van der Waals surface area contributed by atoms with Gasteiger partial charge in [0, 0.05) is 44.4 Å². The molecule has 6 heteroatoms. The van der Waals surface area contributed by atoms with Gasteiger partial charge in [-0.3, -0.25) is 9.59 Å². The minimum absolute atomic E-state index is 0.00626. The SMILES string of the molecule is CC(=O)Nc1cccc(C(=O)N2CCC3(CC2)CC(O)CN(C)C3)c1. The Hall–Kier alpha value is -1.92. The lowest BCUT2D eigenvalue weighted by atomic mass is 9.71. The number of nitrogens with zero attached hydrogens (tertiary/aromatic N) is 2. The van der Waals surface area contributed by atoms with Crippen LogP contribution in [-0.4, -0.2) is 66.1 Å². The number of aliphatic hydroxyl groups is 1. The zero-order valence-electron chi connectivity index (χ0n) is 15.0. The van der Waals surface area contributed by atoms with Gasteiger partial charge in [-0.15, -0.1) is 0 Å². The van der Waals surface area contributed by atoms with Crippen molar-refractivity contribution in [1.82, 2.24) is 9.80 Å². The molecule has 2 saturated heterocycles. The Balaban J connectivity index is 1.65. The molecule has 1 aromatic carbocycles. The molecule has 0 bridgehead atoms. The first-order valence-corrected chi connectivity index (χ1v) is 8.90. The summed E-state index contributed by atoms with van der Waals surface area (Å²) in [5.74, 6) is -0.142. The van der Waals surface area contributed by atoms with E-state index in [-0.39, 0.29) is 23.3 Å². The van der Waals surface area contributed by atoms with E-state index in [1.807, 2.05) is 4.90 Å². The molecule has 0 aromatic heterocycles. The lowest BCUT2D eigenvalue weighted by Gasteiger charge is -2.48. The molecular formula is C19H27N3O3. The third kappa shape index (κ3) is 4.19. The molecule has 0 aliphatic carbocycles. The molecule has 0 radical (unpaired) electrons. The number of likely N-dealkylation sites (tertiary alicyclic amines) is 2. The maximum Gasteiger partial charge on any atom is 0.253 e. The fourth-order valence-corrected chi connectivity index (χ4v) is 4.29. The number of likely N-dealkylation sites (N-methyl/N-ethyl adjacent to an activating group) is 1. The van der Waals surface area contributed by atoms with Gasteiger partial charge in [0.15, 0.2) is 0 Å². The maximum atomic E-state index is 12.8. The Morgan fingerprint density at radius 2 is 2.00 bits per heavy atom. The monoisotopic (exact) mass is 345 g/mol. The van der Waals surface area contributed by atoms with E-state index in [0.29, 0.717) is 24.3 Å². The van der Waals surface area contributed by atoms with Gasteiger partial charge in [-0.1, -0.05) is 6.07 Å². The fraction of sp³-hybridized carbons (Fsp3) is 0.579. The van der Waals surface area contributed by atoms with E-state index in [2.05, 4.69) is 17.3 Å². The number of hydrogen-bond donors (Lipinski definition) is 2. The highest BCUT2D eigenvalue weighted by atomic mass is 16.3. The van der Waals surface area contributed by atoms with Gasteiger partial charge in [-0.2, -0.15) is 0 Å². The van der Waals surface area contributed by atoms with E-state index in [0.717, 1.165) is 32.4 Å². The van der Waals surface area contributed by atoms with Crippen LogP contribution in [0.25, 0.3) is 0 Å². The molecule has 2 aliphatic heterocycles. The molecule has 1 spiro atoms. The molecule has 25 heavy (non-hydrogen) atoms. The van der Waals surface area contributed by atoms with Crippen molar-refractivity contribution in [1.29, 1.82) is 0 Å². The average molecular weight is 345 g/mol. The molecule has 136 valence electrons. The van der Waals surface area contributed by atoms with Gasteiger partial charge in [0.2, 0.25) is 5.91 Å². The van der Waals surface area contributed by atoms with E-state index in [1.54, 1.807) is 24.3 Å². The first-order chi connectivity index (χ1) is 11.9. The number of rotatable bonds is 2. The number of anilines is 1. The Bertz CT molecular complexity index is 641. The normalized spacial score (nSPS) is 23.5. The summed E-state index contributed by atoms with van der Waals surface area (Å²) >= 11 is 0. The molecule has 0 saturated carbocycles. The van der Waals surface area contributed by atoms with E-state index in [9.17, 15) is 14.7 Å². The molecule has 1 aromatic rings. The number of piperidine rings is 2. The van der Waals surface area contributed by atoms with Crippen LogP contribution in [0.3, 0.4) is 0 Å². The van der Waals surface area contributed by atoms with Gasteiger partial charge in [0.05, 0.1) is 6.10 Å². The van der Waals surface area contributed by atoms with Crippen LogP contribution in [0.2, 0.25) is 0 Å². The summed E-state index contributed by atoms with van der Waals surface area (Å²) in [6.45, 7) is 4.60. The van der Waals surface area contributed by atoms with Gasteiger partial charge < -0.3 is 20.2 Å². The van der Waals surface area contributed by atoms with Crippen molar-refractivity contribution in [2.45, 2.75) is 32.3 Å². The van der Waals surface area contributed by atoms with Crippen molar-refractivity contribution in [3.05, 3.63) is 29.8 Å². The second-order valence-corrected chi connectivity index (χ2v) is 7.61. The highest BCUT2D eigenvalue weighted by molar-refractivity contribution is 5.96. The number of hydrogen-bond acceptors (Lipinski definition) is 4. The summed E-state index contributed by atoms with van der Waals surface area (Å²) in [7, 11) is 2.05. The molecule has 1 atom stereocenters. The van der Waals surface area contributed by atoms with Crippen molar-refractivity contribution in [2.75, 3.05) is 38.5 Å². The molecule has 6 nitrogen and oxygen atoms in total. The van der Waals surface area contributed by atoms with Crippen LogP contribution in [0.4, 0.5) is 5.69 Å². The Morgan fingerprint density at radius 1 is 1.28 bits per heavy atom. The van der Waals surface area contributed by atoms with Gasteiger partial charge in [-0.25, -0.2) is 0 Å². The molecule has 2 heterocycles. The number of β-amino-alcohol motifs (C(OH)–C–C–N with tert-alkyl or cyclic N) is 1. The highest BCUT2D eigenvalue weighted by Gasteiger charge is 2.41. The highest BCUT2D eigenvalue weighted by Crippen LogP contribution is 2.39. The molecule has 1 unspecified atom stereocenters. The van der Waals surface area contributed by atoms with Crippen molar-refractivity contribution < 1.29 is 14.7 Å². The van der Waals surface area contributed by atoms with Crippen LogP contribution >= 0.6 is 0 Å². The van der Waals surface area contributed by atoms with Gasteiger partial charge in [0.25, 0.3) is 5.91 Å². The number of carbonyl (C=O) groups excluding carboxylic acids is 2. The lowest BCUT2D eigenvalue weighted by molar-refractivity contribution is -0.114. The van der Waals surface area contributed by atoms with Crippen LogP contribution in [0.5, 0.6) is 0 Å². The second-order valence-electron chi connectivity index (χ2n) is 7.61. The summed E-state index contributed by atoms with van der Waals surface area (Å²) in [5.41, 5.74) is 1.37.